The fraction of sp³-hybridized carbons (Fsp3) is 1.00. The Hall–Kier alpha value is -0.250. The summed E-state index contributed by atoms with van der Waals surface area (Å²) in [5.74, 6) is -0.264. The van der Waals surface area contributed by atoms with Crippen LogP contribution in [0.3, 0.4) is 0 Å². The van der Waals surface area contributed by atoms with E-state index in [0.29, 0.717) is 18.8 Å². The molecule has 0 amide bonds. The van der Waals surface area contributed by atoms with Crippen molar-refractivity contribution in [2.45, 2.75) is 44.9 Å². The van der Waals surface area contributed by atoms with E-state index in [1.807, 2.05) is 6.92 Å². The molecule has 1 nitrogen and oxygen atoms in total. The Kier molecular flexibility index (Phi) is 3.22. The van der Waals surface area contributed by atoms with E-state index < -0.39 is 18.2 Å². The number of hydrogen-bond acceptors (Lipinski definition) is 1. The van der Waals surface area contributed by atoms with E-state index in [1.165, 1.54) is 0 Å². The molecule has 0 heterocycles. The van der Waals surface area contributed by atoms with Crippen LogP contribution in [-0.2, 0) is 0 Å². The van der Waals surface area contributed by atoms with Gasteiger partial charge in [0.05, 0.1) is 0 Å². The van der Waals surface area contributed by atoms with Crippen molar-refractivity contribution < 1.29 is 18.3 Å². The Labute approximate surface area is 75.9 Å². The zero-order chi connectivity index (χ0) is 10.1. The second-order valence-electron chi connectivity index (χ2n) is 4.02. The molecule has 3 unspecified atom stereocenters. The molecule has 1 rings (SSSR count). The second-order valence-corrected chi connectivity index (χ2v) is 4.02. The summed E-state index contributed by atoms with van der Waals surface area (Å²) >= 11 is 0. The molecule has 0 aromatic carbocycles. The molecule has 0 aliphatic heterocycles. The van der Waals surface area contributed by atoms with E-state index in [-0.39, 0.29) is 0 Å². The molecule has 1 aliphatic carbocycles. The lowest BCUT2D eigenvalue weighted by Gasteiger charge is -2.31. The molecule has 1 N–H and O–H groups in total. The van der Waals surface area contributed by atoms with Gasteiger partial charge in [-0.15, -0.1) is 0 Å². The van der Waals surface area contributed by atoms with Crippen molar-refractivity contribution in [3.63, 3.8) is 0 Å². The molecule has 1 saturated carbocycles. The zero-order valence-corrected chi connectivity index (χ0v) is 7.64. The second kappa shape index (κ2) is 3.86. The quantitative estimate of drug-likeness (QED) is 0.683. The van der Waals surface area contributed by atoms with Crippen molar-refractivity contribution in [3.8, 4) is 0 Å². The normalized spacial score (nSPS) is 33.0. The fourth-order valence-electron chi connectivity index (χ4n) is 2.04. The van der Waals surface area contributed by atoms with Gasteiger partial charge in [-0.1, -0.05) is 19.8 Å². The molecule has 0 spiro atoms. The third-order valence-electron chi connectivity index (χ3n) is 2.76. The van der Waals surface area contributed by atoms with Crippen LogP contribution in [0.1, 0.15) is 32.6 Å². The van der Waals surface area contributed by atoms with Crippen molar-refractivity contribution in [2.75, 3.05) is 0 Å². The first-order valence-corrected chi connectivity index (χ1v) is 4.66. The van der Waals surface area contributed by atoms with Gasteiger partial charge in [-0.3, -0.25) is 0 Å². The van der Waals surface area contributed by atoms with Crippen LogP contribution in [0, 0.1) is 11.8 Å². The largest absolute Gasteiger partial charge is 0.414 e. The van der Waals surface area contributed by atoms with E-state index >= 15 is 0 Å². The van der Waals surface area contributed by atoms with Gasteiger partial charge >= 0.3 is 6.18 Å². The van der Waals surface area contributed by atoms with Crippen LogP contribution in [0.15, 0.2) is 0 Å². The maximum absolute atomic E-state index is 12.1. The minimum Gasteiger partial charge on any atom is -0.383 e. The average molecular weight is 196 g/mol. The fourth-order valence-corrected chi connectivity index (χ4v) is 2.04. The topological polar surface area (TPSA) is 20.2 Å². The Bertz CT molecular complexity index is 167. The number of alkyl halides is 3. The highest BCUT2D eigenvalue weighted by atomic mass is 19.4. The number of rotatable bonds is 1. The molecule has 3 atom stereocenters. The Morgan fingerprint density at radius 2 is 1.92 bits per heavy atom. The lowest BCUT2D eigenvalue weighted by atomic mass is 9.79. The molecule has 1 aliphatic rings. The smallest absolute Gasteiger partial charge is 0.383 e. The first-order valence-electron chi connectivity index (χ1n) is 4.66. The molecule has 0 aromatic heterocycles. The number of aliphatic hydroxyl groups excluding tert-OH is 1. The maximum atomic E-state index is 12.1. The summed E-state index contributed by atoms with van der Waals surface area (Å²) in [4.78, 5) is 0. The molecule has 0 bridgehead atoms. The van der Waals surface area contributed by atoms with Crippen molar-refractivity contribution in [2.24, 2.45) is 11.8 Å². The highest BCUT2D eigenvalue weighted by Gasteiger charge is 2.44. The van der Waals surface area contributed by atoms with E-state index in [0.717, 1.165) is 12.8 Å². The van der Waals surface area contributed by atoms with Crippen LogP contribution in [0.5, 0.6) is 0 Å². The first-order chi connectivity index (χ1) is 5.91. The summed E-state index contributed by atoms with van der Waals surface area (Å²) in [5, 5.41) is 9.00. The average Bonchev–Trinajstić information content (AvgIpc) is 2.01. The molecular formula is C9H15F3O. The lowest BCUT2D eigenvalue weighted by molar-refractivity contribution is -0.223. The van der Waals surface area contributed by atoms with Gasteiger partial charge in [-0.2, -0.15) is 13.2 Å². The maximum Gasteiger partial charge on any atom is 0.414 e. The molecule has 0 radical (unpaired) electrons. The monoisotopic (exact) mass is 196 g/mol. The Balaban J connectivity index is 2.51. The van der Waals surface area contributed by atoms with Gasteiger partial charge in [0.1, 0.15) is 0 Å². The Morgan fingerprint density at radius 1 is 1.31 bits per heavy atom. The molecule has 4 heteroatoms. The summed E-state index contributed by atoms with van der Waals surface area (Å²) in [6.07, 6.45) is -3.76. The van der Waals surface area contributed by atoms with Crippen LogP contribution in [0.25, 0.3) is 0 Å². The summed E-state index contributed by atoms with van der Waals surface area (Å²) in [6.45, 7) is 1.94. The van der Waals surface area contributed by atoms with Gasteiger partial charge in [0.15, 0.2) is 6.10 Å². The van der Waals surface area contributed by atoms with Gasteiger partial charge in [0, 0.05) is 0 Å². The highest BCUT2D eigenvalue weighted by Crippen LogP contribution is 2.36. The molecule has 13 heavy (non-hydrogen) atoms. The van der Waals surface area contributed by atoms with E-state index in [9.17, 15) is 13.2 Å². The molecule has 1 fully saturated rings. The summed E-state index contributed by atoms with van der Waals surface area (Å²) in [7, 11) is 0. The van der Waals surface area contributed by atoms with Crippen molar-refractivity contribution in [1.29, 1.82) is 0 Å². The van der Waals surface area contributed by atoms with E-state index in [2.05, 4.69) is 0 Å². The highest BCUT2D eigenvalue weighted by molar-refractivity contribution is 4.80. The van der Waals surface area contributed by atoms with Gasteiger partial charge < -0.3 is 5.11 Å². The molecule has 78 valence electrons. The van der Waals surface area contributed by atoms with Gasteiger partial charge in [-0.25, -0.2) is 0 Å². The van der Waals surface area contributed by atoms with Gasteiger partial charge in [-0.05, 0) is 24.7 Å². The van der Waals surface area contributed by atoms with Crippen LogP contribution >= 0.6 is 0 Å². The van der Waals surface area contributed by atoms with Crippen LogP contribution in [0.4, 0.5) is 13.2 Å². The van der Waals surface area contributed by atoms with Crippen molar-refractivity contribution in [1.82, 2.24) is 0 Å². The summed E-state index contributed by atoms with van der Waals surface area (Å²) < 4.78 is 36.3. The number of aliphatic hydroxyl groups is 1. The SMILES string of the molecule is CC1CCCC(C(O)C(F)(F)F)C1. The van der Waals surface area contributed by atoms with Crippen molar-refractivity contribution >= 4 is 0 Å². The minimum atomic E-state index is -4.44. The van der Waals surface area contributed by atoms with Crippen LogP contribution < -0.4 is 0 Å². The van der Waals surface area contributed by atoms with E-state index in [1.54, 1.807) is 0 Å². The third kappa shape index (κ3) is 2.86. The summed E-state index contributed by atoms with van der Waals surface area (Å²) in [5.41, 5.74) is 0. The number of halogens is 3. The minimum absolute atomic E-state index is 0.316. The third-order valence-corrected chi connectivity index (χ3v) is 2.76. The van der Waals surface area contributed by atoms with Gasteiger partial charge in [0.2, 0.25) is 0 Å². The predicted molar refractivity (Wildman–Crippen MR) is 43.2 cm³/mol. The van der Waals surface area contributed by atoms with E-state index in [4.69, 9.17) is 5.11 Å². The lowest BCUT2D eigenvalue weighted by Crippen LogP contribution is -2.38. The first kappa shape index (κ1) is 10.8. The summed E-state index contributed by atoms with van der Waals surface area (Å²) in [6, 6.07) is 0. The number of hydrogen-bond donors (Lipinski definition) is 1. The zero-order valence-electron chi connectivity index (χ0n) is 7.64. The Morgan fingerprint density at radius 3 is 2.38 bits per heavy atom. The van der Waals surface area contributed by atoms with Crippen molar-refractivity contribution in [3.05, 3.63) is 0 Å². The molecular weight excluding hydrogens is 181 g/mol. The molecule has 0 saturated heterocycles. The van der Waals surface area contributed by atoms with Gasteiger partial charge in [0.25, 0.3) is 0 Å². The van der Waals surface area contributed by atoms with Crippen LogP contribution in [0.2, 0.25) is 0 Å². The standard InChI is InChI=1S/C9H15F3O/c1-6-3-2-4-7(5-6)8(13)9(10,11)12/h6-8,13H,2-5H2,1H3. The van der Waals surface area contributed by atoms with Crippen LogP contribution in [-0.4, -0.2) is 17.4 Å². The predicted octanol–water partition coefficient (Wildman–Crippen LogP) is 2.74. The molecule has 0 aromatic rings.